The summed E-state index contributed by atoms with van der Waals surface area (Å²) in [6, 6.07) is 13.9. The molecule has 102 valence electrons. The molecule has 0 saturated heterocycles. The number of hydrogen-bond acceptors (Lipinski definition) is 5. The molecule has 0 bridgehead atoms. The zero-order valence-electron chi connectivity index (χ0n) is 11.1. The largest absolute Gasteiger partial charge is 0.493 e. The van der Waals surface area contributed by atoms with Crippen LogP contribution in [0.4, 0.5) is 11.8 Å². The number of pyridine rings is 1. The Balaban J connectivity index is 1.92. The van der Waals surface area contributed by atoms with Gasteiger partial charge in [0.05, 0.1) is 7.11 Å². The maximum Gasteiger partial charge on any atom is 0.240 e. The zero-order valence-corrected chi connectivity index (χ0v) is 11.1. The number of aromatic nitrogens is 3. The Kier molecular flexibility index (Phi) is 3.12. The number of fused-ring (bicyclic) bond motifs is 1. The average molecular weight is 269 g/mol. The van der Waals surface area contributed by atoms with Gasteiger partial charge in [0.2, 0.25) is 11.6 Å². The summed E-state index contributed by atoms with van der Waals surface area (Å²) in [7, 11) is 1.59. The van der Waals surface area contributed by atoms with E-state index in [-0.39, 0.29) is 5.95 Å². The van der Waals surface area contributed by atoms with Gasteiger partial charge < -0.3 is 15.8 Å². The Bertz CT molecular complexity index is 723. The quantitative estimate of drug-likeness (QED) is 0.756. The van der Waals surface area contributed by atoms with Crippen molar-refractivity contribution in [2.45, 2.75) is 6.54 Å². The van der Waals surface area contributed by atoms with E-state index in [0.29, 0.717) is 17.9 Å². The molecule has 0 spiro atoms. The summed E-state index contributed by atoms with van der Waals surface area (Å²) in [4.78, 5) is 4.16. The fourth-order valence-electron chi connectivity index (χ4n) is 2.04. The van der Waals surface area contributed by atoms with E-state index in [1.54, 1.807) is 11.6 Å². The number of nitrogens with zero attached hydrogens (tertiary/aromatic N) is 3. The number of nitrogens with one attached hydrogen (secondary N) is 1. The number of methoxy groups -OCH3 is 1. The number of ether oxygens (including phenoxy) is 1. The highest BCUT2D eigenvalue weighted by atomic mass is 16.5. The predicted octanol–water partition coefficient (Wildman–Crippen LogP) is 1.93. The van der Waals surface area contributed by atoms with Crippen molar-refractivity contribution in [3.63, 3.8) is 0 Å². The van der Waals surface area contributed by atoms with Gasteiger partial charge in [0.15, 0.2) is 5.75 Å². The maximum absolute atomic E-state index is 5.66. The molecule has 20 heavy (non-hydrogen) atoms. The summed E-state index contributed by atoms with van der Waals surface area (Å²) in [5, 5.41) is 7.49. The Morgan fingerprint density at radius 2 is 2.00 bits per heavy atom. The third-order valence-corrected chi connectivity index (χ3v) is 3.00. The first-order chi connectivity index (χ1) is 9.78. The molecule has 0 unspecified atom stereocenters. The molecule has 0 amide bonds. The molecular formula is C14H15N5O. The van der Waals surface area contributed by atoms with Crippen LogP contribution >= 0.6 is 0 Å². The first kappa shape index (κ1) is 12.3. The minimum absolute atomic E-state index is 0.220. The van der Waals surface area contributed by atoms with Crippen LogP contribution in [0.25, 0.3) is 5.65 Å². The van der Waals surface area contributed by atoms with Gasteiger partial charge in [-0.15, -0.1) is 5.10 Å². The number of benzene rings is 1. The monoisotopic (exact) mass is 269 g/mol. The van der Waals surface area contributed by atoms with Gasteiger partial charge in [-0.05, 0) is 17.7 Å². The summed E-state index contributed by atoms with van der Waals surface area (Å²) >= 11 is 0. The van der Waals surface area contributed by atoms with E-state index in [0.717, 1.165) is 5.82 Å². The first-order valence-corrected chi connectivity index (χ1v) is 6.25. The molecule has 0 saturated carbocycles. The van der Waals surface area contributed by atoms with Crippen molar-refractivity contribution in [2.75, 3.05) is 18.2 Å². The lowest BCUT2D eigenvalue weighted by Crippen LogP contribution is -2.05. The Labute approximate surface area is 116 Å². The van der Waals surface area contributed by atoms with Crippen LogP contribution in [0.3, 0.4) is 0 Å². The summed E-state index contributed by atoms with van der Waals surface area (Å²) in [5.74, 6) is 1.67. The molecule has 0 aliphatic heterocycles. The van der Waals surface area contributed by atoms with Crippen LogP contribution < -0.4 is 15.8 Å². The second-order valence-corrected chi connectivity index (χ2v) is 4.33. The topological polar surface area (TPSA) is 77.5 Å². The molecule has 3 N–H and O–H groups in total. The van der Waals surface area contributed by atoms with Crippen molar-refractivity contribution in [1.29, 1.82) is 0 Å². The van der Waals surface area contributed by atoms with Crippen LogP contribution in [-0.4, -0.2) is 21.7 Å². The number of rotatable bonds is 4. The number of nitrogen functional groups attached to an aromatic ring is 1. The normalized spacial score (nSPS) is 10.7. The van der Waals surface area contributed by atoms with E-state index in [4.69, 9.17) is 10.5 Å². The van der Waals surface area contributed by atoms with Crippen molar-refractivity contribution in [3.05, 3.63) is 48.0 Å². The van der Waals surface area contributed by atoms with Gasteiger partial charge in [0, 0.05) is 6.54 Å². The van der Waals surface area contributed by atoms with Gasteiger partial charge in [-0.25, -0.2) is 0 Å². The second kappa shape index (κ2) is 5.08. The van der Waals surface area contributed by atoms with E-state index in [2.05, 4.69) is 27.5 Å². The summed E-state index contributed by atoms with van der Waals surface area (Å²) in [6.45, 7) is 0.696. The van der Waals surface area contributed by atoms with E-state index in [1.807, 2.05) is 30.3 Å². The highest BCUT2D eigenvalue weighted by molar-refractivity contribution is 5.61. The summed E-state index contributed by atoms with van der Waals surface area (Å²) in [5.41, 5.74) is 7.45. The van der Waals surface area contributed by atoms with Crippen molar-refractivity contribution < 1.29 is 4.74 Å². The van der Waals surface area contributed by atoms with Crippen LogP contribution in [0.15, 0.2) is 42.5 Å². The lowest BCUT2D eigenvalue weighted by atomic mass is 10.2. The third-order valence-electron chi connectivity index (χ3n) is 3.00. The average Bonchev–Trinajstić information content (AvgIpc) is 2.87. The van der Waals surface area contributed by atoms with Gasteiger partial charge in [-0.3, -0.25) is 0 Å². The summed E-state index contributed by atoms with van der Waals surface area (Å²) < 4.78 is 6.90. The standard InChI is InChI=1S/C14H15N5O/c1-20-11-7-8-12(19-13(11)17-14(15)18-19)16-9-10-5-3-2-4-6-10/h2-8,16H,9H2,1H3,(H2,15,18). The highest BCUT2D eigenvalue weighted by Crippen LogP contribution is 2.22. The minimum Gasteiger partial charge on any atom is -0.493 e. The third kappa shape index (κ3) is 2.23. The minimum atomic E-state index is 0.220. The molecule has 0 aliphatic carbocycles. The van der Waals surface area contributed by atoms with Crippen LogP contribution in [0.2, 0.25) is 0 Å². The van der Waals surface area contributed by atoms with E-state index < -0.39 is 0 Å². The molecule has 3 aromatic rings. The first-order valence-electron chi connectivity index (χ1n) is 6.25. The van der Waals surface area contributed by atoms with E-state index in [9.17, 15) is 0 Å². The lowest BCUT2D eigenvalue weighted by Gasteiger charge is -2.09. The predicted molar refractivity (Wildman–Crippen MR) is 77.7 cm³/mol. The molecule has 3 rings (SSSR count). The number of hydrogen-bond donors (Lipinski definition) is 2. The Morgan fingerprint density at radius 1 is 1.20 bits per heavy atom. The van der Waals surface area contributed by atoms with Crippen molar-refractivity contribution in [3.8, 4) is 5.75 Å². The molecular weight excluding hydrogens is 254 g/mol. The van der Waals surface area contributed by atoms with Crippen molar-refractivity contribution >= 4 is 17.4 Å². The molecule has 6 nitrogen and oxygen atoms in total. The molecule has 2 aromatic heterocycles. The zero-order chi connectivity index (χ0) is 13.9. The second-order valence-electron chi connectivity index (χ2n) is 4.33. The molecule has 0 fully saturated rings. The molecule has 0 radical (unpaired) electrons. The van der Waals surface area contributed by atoms with Gasteiger partial charge in [-0.1, -0.05) is 30.3 Å². The van der Waals surface area contributed by atoms with E-state index >= 15 is 0 Å². The fourth-order valence-corrected chi connectivity index (χ4v) is 2.04. The lowest BCUT2D eigenvalue weighted by molar-refractivity contribution is 0.416. The molecule has 2 heterocycles. The van der Waals surface area contributed by atoms with E-state index in [1.165, 1.54) is 5.56 Å². The molecule has 0 aliphatic rings. The smallest absolute Gasteiger partial charge is 0.240 e. The van der Waals surface area contributed by atoms with Crippen LogP contribution in [0, 0.1) is 0 Å². The Morgan fingerprint density at radius 3 is 2.75 bits per heavy atom. The van der Waals surface area contributed by atoms with Gasteiger partial charge >= 0.3 is 0 Å². The van der Waals surface area contributed by atoms with Crippen molar-refractivity contribution in [2.24, 2.45) is 0 Å². The van der Waals surface area contributed by atoms with Crippen LogP contribution in [0.5, 0.6) is 5.75 Å². The molecule has 1 aromatic carbocycles. The van der Waals surface area contributed by atoms with Gasteiger partial charge in [0.25, 0.3) is 0 Å². The highest BCUT2D eigenvalue weighted by Gasteiger charge is 2.10. The van der Waals surface area contributed by atoms with Crippen LogP contribution in [0.1, 0.15) is 5.56 Å². The maximum atomic E-state index is 5.66. The fraction of sp³-hybridized carbons (Fsp3) is 0.143. The van der Waals surface area contributed by atoms with Crippen molar-refractivity contribution in [1.82, 2.24) is 14.6 Å². The number of nitrogens with two attached hydrogens (primary N) is 1. The molecule has 6 heteroatoms. The van der Waals surface area contributed by atoms with Gasteiger partial charge in [0.1, 0.15) is 5.82 Å². The van der Waals surface area contributed by atoms with Crippen LogP contribution in [-0.2, 0) is 6.54 Å². The van der Waals surface area contributed by atoms with Gasteiger partial charge in [-0.2, -0.15) is 9.50 Å². The SMILES string of the molecule is COc1ccc(NCc2ccccc2)n2nc(N)nc12. The summed E-state index contributed by atoms with van der Waals surface area (Å²) in [6.07, 6.45) is 0. The molecule has 0 atom stereocenters. The Hall–Kier alpha value is -2.76. The number of anilines is 2.